The Morgan fingerprint density at radius 1 is 1.34 bits per heavy atom. The van der Waals surface area contributed by atoms with E-state index in [4.69, 9.17) is 10.8 Å². The topological polar surface area (TPSA) is 205 Å². The van der Waals surface area contributed by atoms with E-state index in [1.165, 1.54) is 28.6 Å². The van der Waals surface area contributed by atoms with Gasteiger partial charge in [-0.15, -0.1) is 23.1 Å². The highest BCUT2D eigenvalue weighted by Crippen LogP contribution is 2.43. The van der Waals surface area contributed by atoms with Crippen molar-refractivity contribution in [2.24, 2.45) is 5.16 Å². The molecule has 0 bridgehead atoms. The molecule has 1 fully saturated rings. The lowest BCUT2D eigenvalue weighted by Crippen LogP contribution is -2.71. The molecule has 2 aliphatic heterocycles. The molecule has 17 heteroatoms. The zero-order valence-electron chi connectivity index (χ0n) is 20.2. The number of hydrogen-bond donors (Lipinski definition) is 4. The predicted molar refractivity (Wildman–Crippen MR) is 141 cm³/mol. The standard InChI is InChI=1S/C21H24N6O8S3/c1-3-26(4-2)12(28)5-6-36-11-9-37-19-15(18(32)27(19)16(11)20(33)34)24-17(31)14(25-35-7-13(29)30)10-8-38-21(22)23-10/h5-6,8,15,19H,3-4,7,9H2,1-2H3,(H2,22,23)(H,24,31)(H,29,30)(H,33,34)/t15-,19+/m1/s1. The second-order valence-corrected chi connectivity index (χ2v) is 10.5. The van der Waals surface area contributed by atoms with Crippen molar-refractivity contribution in [2.75, 3.05) is 31.2 Å². The smallest absolute Gasteiger partial charge is 0.353 e. The summed E-state index contributed by atoms with van der Waals surface area (Å²) in [5, 5.41) is 26.9. The van der Waals surface area contributed by atoms with E-state index in [2.05, 4.69) is 20.3 Å². The van der Waals surface area contributed by atoms with Crippen LogP contribution in [0.15, 0.2) is 32.6 Å². The van der Waals surface area contributed by atoms with Gasteiger partial charge in [-0.3, -0.25) is 19.3 Å². The minimum Gasteiger partial charge on any atom is -0.479 e. The fourth-order valence-electron chi connectivity index (χ4n) is 3.46. The molecule has 204 valence electrons. The fourth-order valence-corrected chi connectivity index (χ4v) is 6.32. The van der Waals surface area contributed by atoms with Gasteiger partial charge >= 0.3 is 11.9 Å². The number of carbonyl (C=O) groups excluding carboxylic acids is 3. The molecule has 3 amide bonds. The van der Waals surface area contributed by atoms with Gasteiger partial charge in [0.2, 0.25) is 12.5 Å². The number of hydrogen-bond acceptors (Lipinski definition) is 12. The number of carboxylic acid groups (broad SMARTS) is 2. The number of thioether (sulfide) groups is 2. The highest BCUT2D eigenvalue weighted by molar-refractivity contribution is 8.08. The lowest BCUT2D eigenvalue weighted by Gasteiger charge is -2.49. The molecule has 0 saturated carbocycles. The molecule has 5 N–H and O–H groups in total. The Kier molecular flexibility index (Phi) is 9.76. The van der Waals surface area contributed by atoms with Gasteiger partial charge in [0, 0.05) is 35.2 Å². The van der Waals surface area contributed by atoms with E-state index in [0.29, 0.717) is 18.0 Å². The number of nitrogens with two attached hydrogens (primary N) is 1. The average Bonchev–Trinajstić information content (AvgIpc) is 3.30. The van der Waals surface area contributed by atoms with Crippen LogP contribution in [0.3, 0.4) is 0 Å². The zero-order chi connectivity index (χ0) is 28.0. The zero-order valence-corrected chi connectivity index (χ0v) is 22.6. The van der Waals surface area contributed by atoms with Gasteiger partial charge in [0.25, 0.3) is 11.8 Å². The Morgan fingerprint density at radius 3 is 2.63 bits per heavy atom. The van der Waals surface area contributed by atoms with Crippen LogP contribution in [0.4, 0.5) is 5.13 Å². The number of oxime groups is 1. The number of carbonyl (C=O) groups is 5. The minimum absolute atomic E-state index is 0.0196. The first-order valence-electron chi connectivity index (χ1n) is 11.1. The molecule has 3 rings (SSSR count). The fraction of sp³-hybridized carbons (Fsp3) is 0.381. The number of anilines is 1. The summed E-state index contributed by atoms with van der Waals surface area (Å²) in [7, 11) is 0. The minimum atomic E-state index is -1.32. The van der Waals surface area contributed by atoms with Gasteiger partial charge in [-0.1, -0.05) is 16.9 Å². The van der Waals surface area contributed by atoms with Crippen LogP contribution in [0.2, 0.25) is 0 Å². The summed E-state index contributed by atoms with van der Waals surface area (Å²) in [6.07, 6.45) is 1.35. The lowest BCUT2D eigenvalue weighted by molar-refractivity contribution is -0.150. The number of nitrogens with zero attached hydrogens (tertiary/aromatic N) is 4. The van der Waals surface area contributed by atoms with Crippen molar-refractivity contribution in [3.05, 3.63) is 33.2 Å². The van der Waals surface area contributed by atoms with Crippen molar-refractivity contribution in [3.63, 3.8) is 0 Å². The number of nitrogen functional groups attached to an aromatic ring is 1. The second-order valence-electron chi connectivity index (χ2n) is 7.55. The van der Waals surface area contributed by atoms with Crippen LogP contribution in [-0.4, -0.2) is 97.2 Å². The van der Waals surface area contributed by atoms with Gasteiger partial charge in [-0.2, -0.15) is 0 Å². The van der Waals surface area contributed by atoms with Crippen molar-refractivity contribution in [1.29, 1.82) is 0 Å². The maximum absolute atomic E-state index is 12.9. The van der Waals surface area contributed by atoms with E-state index < -0.39 is 41.8 Å². The second kappa shape index (κ2) is 12.8. The third-order valence-corrected chi connectivity index (χ3v) is 8.27. The number of β-lactam (4-membered cyclic amide) rings is 1. The summed E-state index contributed by atoms with van der Waals surface area (Å²) in [6, 6.07) is -1.08. The van der Waals surface area contributed by atoms with Crippen LogP contribution >= 0.6 is 34.9 Å². The molecule has 0 aromatic carbocycles. The molecule has 14 nitrogen and oxygen atoms in total. The van der Waals surface area contributed by atoms with Crippen LogP contribution in [0.1, 0.15) is 19.5 Å². The van der Waals surface area contributed by atoms with E-state index in [9.17, 15) is 29.1 Å². The third kappa shape index (κ3) is 6.46. The van der Waals surface area contributed by atoms with E-state index in [0.717, 1.165) is 28.0 Å². The SMILES string of the molecule is CCN(CC)C(=O)C=CSC1=C(C(=O)O)N2C(=O)[C@@H](NC(=O)C(=NOCC(=O)O)c3csc(N)n3)[C@@H]2SC1. The number of nitrogens with one attached hydrogen (secondary N) is 1. The number of aromatic nitrogens is 1. The van der Waals surface area contributed by atoms with Crippen molar-refractivity contribution in [1.82, 2.24) is 20.1 Å². The summed E-state index contributed by atoms with van der Waals surface area (Å²) in [5.41, 5.74) is 5.02. The molecule has 1 aromatic rings. The maximum Gasteiger partial charge on any atom is 0.353 e. The first-order valence-corrected chi connectivity index (χ1v) is 13.9. The molecular formula is C21H24N6O8S3. The molecule has 2 aliphatic rings. The highest BCUT2D eigenvalue weighted by Gasteiger charge is 2.54. The third-order valence-electron chi connectivity index (χ3n) is 5.24. The molecule has 0 unspecified atom stereocenters. The molecule has 1 aromatic heterocycles. The van der Waals surface area contributed by atoms with Gasteiger partial charge in [0.1, 0.15) is 22.8 Å². The van der Waals surface area contributed by atoms with Gasteiger partial charge < -0.3 is 31.0 Å². The average molecular weight is 585 g/mol. The Bertz CT molecular complexity index is 1230. The van der Waals surface area contributed by atoms with Crippen LogP contribution in [0.25, 0.3) is 0 Å². The van der Waals surface area contributed by atoms with E-state index in [-0.39, 0.29) is 33.9 Å². The number of carboxylic acids is 2. The monoisotopic (exact) mass is 584 g/mol. The van der Waals surface area contributed by atoms with E-state index in [1.807, 2.05) is 13.8 Å². The van der Waals surface area contributed by atoms with Crippen molar-refractivity contribution in [3.8, 4) is 0 Å². The Morgan fingerprint density at radius 2 is 2.05 bits per heavy atom. The predicted octanol–water partition coefficient (Wildman–Crippen LogP) is 0.342. The molecule has 2 atom stereocenters. The number of aliphatic carboxylic acids is 2. The summed E-state index contributed by atoms with van der Waals surface area (Å²) in [4.78, 5) is 72.5. The maximum atomic E-state index is 12.9. The van der Waals surface area contributed by atoms with Gasteiger partial charge in [0.15, 0.2) is 10.8 Å². The summed E-state index contributed by atoms with van der Waals surface area (Å²) >= 11 is 3.29. The first kappa shape index (κ1) is 29.0. The number of thiazole rings is 1. The number of likely N-dealkylation sites (N-methyl/N-ethyl adjacent to an activating group) is 1. The normalized spacial score (nSPS) is 19.2. The van der Waals surface area contributed by atoms with Crippen LogP contribution in [0.5, 0.6) is 0 Å². The number of rotatable bonds is 12. The van der Waals surface area contributed by atoms with Crippen molar-refractivity contribution in [2.45, 2.75) is 25.3 Å². The first-order chi connectivity index (χ1) is 18.1. The molecule has 1 saturated heterocycles. The summed E-state index contributed by atoms with van der Waals surface area (Å²) in [6.45, 7) is 3.95. The van der Waals surface area contributed by atoms with Gasteiger partial charge in [-0.25, -0.2) is 14.6 Å². The van der Waals surface area contributed by atoms with Crippen LogP contribution in [-0.2, 0) is 28.8 Å². The quantitative estimate of drug-likeness (QED) is 0.114. The van der Waals surface area contributed by atoms with Crippen molar-refractivity contribution < 1.29 is 39.0 Å². The molecule has 0 aliphatic carbocycles. The number of fused-ring (bicyclic) bond motifs is 1. The van der Waals surface area contributed by atoms with E-state index >= 15 is 0 Å². The van der Waals surface area contributed by atoms with Crippen LogP contribution in [0, 0.1) is 0 Å². The molecule has 38 heavy (non-hydrogen) atoms. The molecular weight excluding hydrogens is 560 g/mol. The van der Waals surface area contributed by atoms with Crippen LogP contribution < -0.4 is 11.1 Å². The summed E-state index contributed by atoms with van der Waals surface area (Å²) < 4.78 is 0. The van der Waals surface area contributed by atoms with E-state index in [1.54, 1.807) is 4.90 Å². The molecule has 3 heterocycles. The Hall–Kier alpha value is -3.57. The van der Waals surface area contributed by atoms with Crippen molar-refractivity contribution >= 4 is 75.4 Å². The number of amides is 3. The lowest BCUT2D eigenvalue weighted by atomic mass is 10.0. The molecule has 0 spiro atoms. The summed E-state index contributed by atoms with van der Waals surface area (Å²) in [5.74, 6) is -4.15. The Balaban J connectivity index is 1.75. The molecule has 0 radical (unpaired) electrons. The van der Waals surface area contributed by atoms with Gasteiger partial charge in [0.05, 0.1) is 0 Å². The highest BCUT2D eigenvalue weighted by atomic mass is 32.2. The van der Waals surface area contributed by atoms with Gasteiger partial charge in [-0.05, 0) is 19.3 Å². The largest absolute Gasteiger partial charge is 0.479 e. The Labute approximate surface area is 228 Å².